The lowest BCUT2D eigenvalue weighted by Gasteiger charge is -2.16. The molecular formula is C11H10ClNO. The number of hydrogen-bond acceptors (Lipinski definition) is 1. The Labute approximate surface area is 87.0 Å². The zero-order valence-electron chi connectivity index (χ0n) is 7.66. The van der Waals surface area contributed by atoms with Crippen molar-refractivity contribution in [3.8, 4) is 0 Å². The molecule has 3 heteroatoms. The van der Waals surface area contributed by atoms with Gasteiger partial charge < -0.3 is 9.30 Å². The molecule has 0 fully saturated rings. The van der Waals surface area contributed by atoms with Gasteiger partial charge in [-0.1, -0.05) is 11.6 Å². The molecule has 0 radical (unpaired) electrons. The van der Waals surface area contributed by atoms with Gasteiger partial charge in [-0.2, -0.15) is 0 Å². The molecule has 2 aromatic rings. The lowest BCUT2D eigenvalue weighted by Crippen LogP contribution is -2.15. The third-order valence-electron chi connectivity index (χ3n) is 2.66. The van der Waals surface area contributed by atoms with E-state index in [1.165, 1.54) is 16.6 Å². The minimum absolute atomic E-state index is 0.715. The molecule has 14 heavy (non-hydrogen) atoms. The summed E-state index contributed by atoms with van der Waals surface area (Å²) in [5.74, 6) is 0. The highest BCUT2D eigenvalue weighted by Crippen LogP contribution is 2.25. The summed E-state index contributed by atoms with van der Waals surface area (Å²) in [6.45, 7) is 2.46. The van der Waals surface area contributed by atoms with Crippen LogP contribution in [0.3, 0.4) is 0 Å². The second kappa shape index (κ2) is 3.01. The number of aromatic nitrogens is 1. The van der Waals surface area contributed by atoms with E-state index in [1.807, 2.05) is 12.1 Å². The second-order valence-electron chi connectivity index (χ2n) is 3.54. The normalized spacial score (nSPS) is 15.8. The number of nitrogens with zero attached hydrogens (tertiary/aromatic N) is 1. The molecule has 3 rings (SSSR count). The highest BCUT2D eigenvalue weighted by Gasteiger charge is 2.12. The van der Waals surface area contributed by atoms with Crippen molar-refractivity contribution in [2.45, 2.75) is 13.2 Å². The maximum Gasteiger partial charge on any atom is 0.0869 e. The van der Waals surface area contributed by atoms with Gasteiger partial charge in [0.15, 0.2) is 0 Å². The lowest BCUT2D eigenvalue weighted by atomic mass is 10.2. The average Bonchev–Trinajstić information content (AvgIpc) is 2.54. The Balaban J connectivity index is 2.31. The van der Waals surface area contributed by atoms with E-state index in [9.17, 15) is 0 Å². The zero-order chi connectivity index (χ0) is 9.54. The minimum atomic E-state index is 0.715. The predicted octanol–water partition coefficient (Wildman–Crippen LogP) is 2.82. The van der Waals surface area contributed by atoms with Crippen LogP contribution in [0.1, 0.15) is 5.69 Å². The van der Waals surface area contributed by atoms with Crippen LogP contribution in [0.25, 0.3) is 10.9 Å². The van der Waals surface area contributed by atoms with E-state index in [0.29, 0.717) is 6.61 Å². The molecule has 0 N–H and O–H groups in total. The van der Waals surface area contributed by atoms with Crippen LogP contribution in [0, 0.1) is 0 Å². The summed E-state index contributed by atoms with van der Waals surface area (Å²) < 4.78 is 7.70. The summed E-state index contributed by atoms with van der Waals surface area (Å²) >= 11 is 5.94. The molecule has 0 atom stereocenters. The summed E-state index contributed by atoms with van der Waals surface area (Å²) in [6.07, 6.45) is 0. The standard InChI is InChI=1S/C11H10ClNO/c12-9-1-2-11-8(5-9)6-10-7-14-4-3-13(10)11/h1-2,5-6H,3-4,7H2. The number of halogens is 1. The van der Waals surface area contributed by atoms with Gasteiger partial charge in [-0.05, 0) is 24.3 Å². The second-order valence-corrected chi connectivity index (χ2v) is 3.98. The summed E-state index contributed by atoms with van der Waals surface area (Å²) in [7, 11) is 0. The van der Waals surface area contributed by atoms with E-state index >= 15 is 0 Å². The quantitative estimate of drug-likeness (QED) is 0.648. The van der Waals surface area contributed by atoms with Crippen LogP contribution in [0.15, 0.2) is 24.3 Å². The number of hydrogen-bond donors (Lipinski definition) is 0. The van der Waals surface area contributed by atoms with Crippen molar-refractivity contribution in [3.05, 3.63) is 35.0 Å². The first kappa shape index (κ1) is 8.33. The molecular weight excluding hydrogens is 198 g/mol. The molecule has 0 spiro atoms. The van der Waals surface area contributed by atoms with E-state index in [4.69, 9.17) is 16.3 Å². The molecule has 0 aliphatic carbocycles. The van der Waals surface area contributed by atoms with Gasteiger partial charge in [-0.15, -0.1) is 0 Å². The Morgan fingerprint density at radius 1 is 1.29 bits per heavy atom. The van der Waals surface area contributed by atoms with Gasteiger partial charge in [0.25, 0.3) is 0 Å². The Hall–Kier alpha value is -0.990. The maximum atomic E-state index is 5.94. The van der Waals surface area contributed by atoms with Crippen LogP contribution >= 0.6 is 11.6 Å². The van der Waals surface area contributed by atoms with Crippen LogP contribution in [0.2, 0.25) is 5.02 Å². The van der Waals surface area contributed by atoms with Gasteiger partial charge in [0.2, 0.25) is 0 Å². The van der Waals surface area contributed by atoms with Gasteiger partial charge in [0.1, 0.15) is 0 Å². The maximum absolute atomic E-state index is 5.94. The van der Waals surface area contributed by atoms with Gasteiger partial charge in [-0.25, -0.2) is 0 Å². The number of fused-ring (bicyclic) bond motifs is 3. The average molecular weight is 208 g/mol. The molecule has 2 heterocycles. The molecule has 1 aliphatic rings. The first-order valence-electron chi connectivity index (χ1n) is 4.70. The fourth-order valence-corrected chi connectivity index (χ4v) is 2.20. The van der Waals surface area contributed by atoms with Crippen LogP contribution < -0.4 is 0 Å². The highest BCUT2D eigenvalue weighted by atomic mass is 35.5. The van der Waals surface area contributed by atoms with Gasteiger partial charge in [0, 0.05) is 28.2 Å². The van der Waals surface area contributed by atoms with Crippen molar-refractivity contribution in [2.24, 2.45) is 0 Å². The lowest BCUT2D eigenvalue weighted by molar-refractivity contribution is 0.0865. The minimum Gasteiger partial charge on any atom is -0.373 e. The SMILES string of the molecule is Clc1ccc2c(c1)cc1n2CCOC1. The molecule has 72 valence electrons. The molecule has 2 nitrogen and oxygen atoms in total. The Bertz CT molecular complexity index is 489. The summed E-state index contributed by atoms with van der Waals surface area (Å²) in [4.78, 5) is 0. The van der Waals surface area contributed by atoms with Crippen molar-refractivity contribution in [1.29, 1.82) is 0 Å². The summed E-state index contributed by atoms with van der Waals surface area (Å²) in [5, 5.41) is 2.00. The monoisotopic (exact) mass is 207 g/mol. The first-order chi connectivity index (χ1) is 6.84. The van der Waals surface area contributed by atoms with Crippen molar-refractivity contribution >= 4 is 22.5 Å². The van der Waals surface area contributed by atoms with Gasteiger partial charge in [-0.3, -0.25) is 0 Å². The van der Waals surface area contributed by atoms with Crippen molar-refractivity contribution < 1.29 is 4.74 Å². The zero-order valence-corrected chi connectivity index (χ0v) is 8.42. The van der Waals surface area contributed by atoms with Crippen LogP contribution in [0.4, 0.5) is 0 Å². The van der Waals surface area contributed by atoms with Crippen LogP contribution in [0.5, 0.6) is 0 Å². The summed E-state index contributed by atoms with van der Waals surface area (Å²) in [5.41, 5.74) is 2.50. The van der Waals surface area contributed by atoms with Gasteiger partial charge >= 0.3 is 0 Å². The largest absolute Gasteiger partial charge is 0.373 e. The van der Waals surface area contributed by atoms with Crippen molar-refractivity contribution in [2.75, 3.05) is 6.61 Å². The Morgan fingerprint density at radius 2 is 2.21 bits per heavy atom. The van der Waals surface area contributed by atoms with E-state index in [-0.39, 0.29) is 0 Å². The van der Waals surface area contributed by atoms with Crippen LogP contribution in [-0.2, 0) is 17.9 Å². The molecule has 0 saturated heterocycles. The molecule has 0 saturated carbocycles. The van der Waals surface area contributed by atoms with Crippen LogP contribution in [-0.4, -0.2) is 11.2 Å². The van der Waals surface area contributed by atoms with E-state index in [0.717, 1.165) is 18.2 Å². The molecule has 1 aromatic carbocycles. The van der Waals surface area contributed by atoms with Gasteiger partial charge in [0.05, 0.1) is 13.2 Å². The number of rotatable bonds is 0. The topological polar surface area (TPSA) is 14.2 Å². The Kier molecular flexibility index (Phi) is 1.79. The van der Waals surface area contributed by atoms with E-state index in [2.05, 4.69) is 16.7 Å². The molecule has 1 aliphatic heterocycles. The fraction of sp³-hybridized carbons (Fsp3) is 0.273. The highest BCUT2D eigenvalue weighted by molar-refractivity contribution is 6.31. The number of ether oxygens (including phenoxy) is 1. The molecule has 0 bridgehead atoms. The molecule has 0 amide bonds. The third kappa shape index (κ3) is 1.15. The van der Waals surface area contributed by atoms with E-state index in [1.54, 1.807) is 0 Å². The smallest absolute Gasteiger partial charge is 0.0869 e. The fourth-order valence-electron chi connectivity index (χ4n) is 2.02. The summed E-state index contributed by atoms with van der Waals surface area (Å²) in [6, 6.07) is 8.17. The Morgan fingerprint density at radius 3 is 3.14 bits per heavy atom. The van der Waals surface area contributed by atoms with Crippen molar-refractivity contribution in [3.63, 3.8) is 0 Å². The molecule has 0 unspecified atom stereocenters. The van der Waals surface area contributed by atoms with Crippen molar-refractivity contribution in [1.82, 2.24) is 4.57 Å². The predicted molar refractivity (Wildman–Crippen MR) is 56.6 cm³/mol. The molecule has 1 aromatic heterocycles. The number of benzene rings is 1. The first-order valence-corrected chi connectivity index (χ1v) is 5.08. The third-order valence-corrected chi connectivity index (χ3v) is 2.89. The van der Waals surface area contributed by atoms with E-state index < -0.39 is 0 Å².